The molecule has 1 atom stereocenters. The summed E-state index contributed by atoms with van der Waals surface area (Å²) in [6.07, 6.45) is 1.20. The molecule has 0 amide bonds. The van der Waals surface area contributed by atoms with E-state index in [-0.39, 0.29) is 0 Å². The molecule has 1 nitrogen and oxygen atoms in total. The summed E-state index contributed by atoms with van der Waals surface area (Å²) < 4.78 is 0. The van der Waals surface area contributed by atoms with Crippen LogP contribution in [0.2, 0.25) is 0 Å². The van der Waals surface area contributed by atoms with Gasteiger partial charge in [-0.15, -0.1) is 0 Å². The zero-order valence-corrected chi connectivity index (χ0v) is 11.3. The van der Waals surface area contributed by atoms with E-state index in [1.165, 1.54) is 34.0 Å². The van der Waals surface area contributed by atoms with E-state index in [0.717, 1.165) is 6.54 Å². The number of anilines is 1. The minimum absolute atomic E-state index is 0.658. The number of hydrogen-bond acceptors (Lipinski definition) is 1. The number of nitrogens with one attached hydrogen (secondary N) is 1. The molecule has 0 bridgehead atoms. The molecule has 0 spiro atoms. The first-order chi connectivity index (χ1) is 9.92. The Bertz CT molecular complexity index is 755. The minimum Gasteiger partial charge on any atom is -0.384 e. The third-order valence-electron chi connectivity index (χ3n) is 4.29. The molecule has 1 aliphatic carbocycles. The smallest absolute Gasteiger partial charge is 0.0420 e. The van der Waals surface area contributed by atoms with Crippen LogP contribution in [0.25, 0.3) is 10.8 Å². The average Bonchev–Trinajstić information content (AvgIpc) is 2.48. The first kappa shape index (κ1) is 11.5. The molecule has 0 saturated carbocycles. The molecule has 20 heavy (non-hydrogen) atoms. The Morgan fingerprint density at radius 3 is 2.60 bits per heavy atom. The van der Waals surface area contributed by atoms with E-state index in [4.69, 9.17) is 0 Å². The van der Waals surface area contributed by atoms with Crippen molar-refractivity contribution in [3.8, 4) is 0 Å². The van der Waals surface area contributed by atoms with Gasteiger partial charge >= 0.3 is 0 Å². The third kappa shape index (κ3) is 1.87. The summed E-state index contributed by atoms with van der Waals surface area (Å²) in [5, 5.41) is 6.24. The maximum absolute atomic E-state index is 3.63. The third-order valence-corrected chi connectivity index (χ3v) is 4.29. The van der Waals surface area contributed by atoms with Crippen LogP contribution in [0.5, 0.6) is 0 Å². The number of hydrogen-bond donors (Lipinski definition) is 1. The van der Waals surface area contributed by atoms with Gasteiger partial charge in [-0.1, -0.05) is 60.7 Å². The maximum Gasteiger partial charge on any atom is 0.0420 e. The molecular formula is C19H17N. The zero-order chi connectivity index (χ0) is 13.4. The molecule has 3 aromatic rings. The van der Waals surface area contributed by atoms with Crippen LogP contribution in [-0.4, -0.2) is 6.54 Å². The van der Waals surface area contributed by atoms with Crippen LogP contribution in [0.4, 0.5) is 5.69 Å². The van der Waals surface area contributed by atoms with Gasteiger partial charge in [0.05, 0.1) is 0 Å². The quantitative estimate of drug-likeness (QED) is 0.725. The average molecular weight is 259 g/mol. The summed E-state index contributed by atoms with van der Waals surface area (Å²) in [6, 6.07) is 23.8. The largest absolute Gasteiger partial charge is 0.384 e. The molecule has 0 aliphatic heterocycles. The Labute approximate surface area is 119 Å². The lowest BCUT2D eigenvalue weighted by molar-refractivity contribution is 0.636. The lowest BCUT2D eigenvalue weighted by atomic mass is 9.77. The van der Waals surface area contributed by atoms with Crippen molar-refractivity contribution in [2.45, 2.75) is 12.3 Å². The van der Waals surface area contributed by atoms with Crippen molar-refractivity contribution in [2.24, 2.45) is 0 Å². The van der Waals surface area contributed by atoms with E-state index in [1.807, 2.05) is 0 Å². The van der Waals surface area contributed by atoms with Crippen LogP contribution < -0.4 is 5.32 Å². The molecule has 4 rings (SSSR count). The fraction of sp³-hybridized carbons (Fsp3) is 0.158. The molecule has 0 aromatic heterocycles. The Hall–Kier alpha value is -2.28. The highest BCUT2D eigenvalue weighted by Gasteiger charge is 2.24. The van der Waals surface area contributed by atoms with Gasteiger partial charge < -0.3 is 5.32 Å². The summed E-state index contributed by atoms with van der Waals surface area (Å²) in [4.78, 5) is 0. The summed E-state index contributed by atoms with van der Waals surface area (Å²) in [5.74, 6) is 0.658. The van der Waals surface area contributed by atoms with Gasteiger partial charge in [0.1, 0.15) is 0 Å². The Balaban J connectivity index is 1.55. The summed E-state index contributed by atoms with van der Waals surface area (Å²) in [5.41, 5.74) is 4.27. The van der Waals surface area contributed by atoms with Crippen LogP contribution in [0.3, 0.4) is 0 Å². The van der Waals surface area contributed by atoms with Gasteiger partial charge in [0.25, 0.3) is 0 Å². The summed E-state index contributed by atoms with van der Waals surface area (Å²) in [7, 11) is 0. The SMILES string of the molecule is c1ccc2c(c1)CC2CNc1cccc2ccccc12. The molecule has 0 fully saturated rings. The van der Waals surface area contributed by atoms with Crippen LogP contribution >= 0.6 is 0 Å². The van der Waals surface area contributed by atoms with E-state index in [1.54, 1.807) is 0 Å². The second-order valence-electron chi connectivity index (χ2n) is 5.51. The first-order valence-electron chi connectivity index (χ1n) is 7.21. The second kappa shape index (κ2) is 4.68. The highest BCUT2D eigenvalue weighted by Crippen LogP contribution is 2.35. The van der Waals surface area contributed by atoms with E-state index >= 15 is 0 Å². The van der Waals surface area contributed by atoms with Crippen LogP contribution in [0, 0.1) is 0 Å². The van der Waals surface area contributed by atoms with Crippen molar-refractivity contribution in [1.29, 1.82) is 0 Å². The predicted molar refractivity (Wildman–Crippen MR) is 85.3 cm³/mol. The van der Waals surface area contributed by atoms with E-state index in [2.05, 4.69) is 72.0 Å². The van der Waals surface area contributed by atoms with Gasteiger partial charge in [-0.05, 0) is 29.0 Å². The van der Waals surface area contributed by atoms with Crippen LogP contribution in [-0.2, 0) is 6.42 Å². The Kier molecular flexibility index (Phi) is 2.70. The molecule has 0 saturated heterocycles. The van der Waals surface area contributed by atoms with Crippen molar-refractivity contribution >= 4 is 16.5 Å². The van der Waals surface area contributed by atoms with E-state index in [0.29, 0.717) is 5.92 Å². The molecule has 1 N–H and O–H groups in total. The normalized spacial score (nSPS) is 16.5. The highest BCUT2D eigenvalue weighted by molar-refractivity contribution is 5.93. The molecule has 1 heteroatoms. The molecule has 1 unspecified atom stereocenters. The lowest BCUT2D eigenvalue weighted by Gasteiger charge is -2.30. The van der Waals surface area contributed by atoms with Crippen LogP contribution in [0.15, 0.2) is 66.7 Å². The fourth-order valence-corrected chi connectivity index (χ4v) is 3.16. The second-order valence-corrected chi connectivity index (χ2v) is 5.51. The monoisotopic (exact) mass is 259 g/mol. The van der Waals surface area contributed by atoms with Crippen molar-refractivity contribution < 1.29 is 0 Å². The van der Waals surface area contributed by atoms with E-state index in [9.17, 15) is 0 Å². The van der Waals surface area contributed by atoms with Gasteiger partial charge in [-0.2, -0.15) is 0 Å². The lowest BCUT2D eigenvalue weighted by Crippen LogP contribution is -2.24. The highest BCUT2D eigenvalue weighted by atomic mass is 14.9. The zero-order valence-electron chi connectivity index (χ0n) is 11.3. The Morgan fingerprint density at radius 1 is 0.850 bits per heavy atom. The topological polar surface area (TPSA) is 12.0 Å². The van der Waals surface area contributed by atoms with Crippen molar-refractivity contribution in [2.75, 3.05) is 11.9 Å². The molecule has 0 heterocycles. The fourth-order valence-electron chi connectivity index (χ4n) is 3.16. The maximum atomic E-state index is 3.63. The van der Waals surface area contributed by atoms with Crippen LogP contribution in [0.1, 0.15) is 17.0 Å². The predicted octanol–water partition coefficient (Wildman–Crippen LogP) is 4.59. The number of fused-ring (bicyclic) bond motifs is 2. The molecule has 3 aromatic carbocycles. The minimum atomic E-state index is 0.658. The number of benzene rings is 3. The van der Waals surface area contributed by atoms with Gasteiger partial charge in [0.15, 0.2) is 0 Å². The van der Waals surface area contributed by atoms with Gasteiger partial charge in [0.2, 0.25) is 0 Å². The van der Waals surface area contributed by atoms with Gasteiger partial charge in [-0.25, -0.2) is 0 Å². The molecule has 98 valence electrons. The molecule has 0 radical (unpaired) electrons. The first-order valence-corrected chi connectivity index (χ1v) is 7.21. The molecule has 1 aliphatic rings. The van der Waals surface area contributed by atoms with Crippen molar-refractivity contribution in [3.05, 3.63) is 77.9 Å². The standard InChI is InChI=1S/C19H17N/c1-4-10-18-14(6-1)8-5-11-19(18)20-13-16-12-15-7-2-3-9-17(15)16/h1-11,16,20H,12-13H2. The summed E-state index contributed by atoms with van der Waals surface area (Å²) in [6.45, 7) is 1.02. The van der Waals surface area contributed by atoms with Crippen molar-refractivity contribution in [1.82, 2.24) is 0 Å². The van der Waals surface area contributed by atoms with Crippen molar-refractivity contribution in [3.63, 3.8) is 0 Å². The van der Waals surface area contributed by atoms with Gasteiger partial charge in [-0.3, -0.25) is 0 Å². The van der Waals surface area contributed by atoms with Gasteiger partial charge in [0, 0.05) is 23.5 Å². The number of rotatable bonds is 3. The summed E-state index contributed by atoms with van der Waals surface area (Å²) >= 11 is 0. The van der Waals surface area contributed by atoms with E-state index < -0.39 is 0 Å². The Morgan fingerprint density at radius 2 is 1.65 bits per heavy atom. The molecular weight excluding hydrogens is 242 g/mol.